The molecule has 1 N–H and O–H groups in total. The van der Waals surface area contributed by atoms with Gasteiger partial charge in [-0.05, 0) is 51.2 Å². The minimum Gasteiger partial charge on any atom is -0.313 e. The lowest BCUT2D eigenvalue weighted by atomic mass is 9.91. The van der Waals surface area contributed by atoms with Gasteiger partial charge in [0.15, 0.2) is 0 Å². The number of alkyl halides is 3. The molecule has 0 spiro atoms. The van der Waals surface area contributed by atoms with Gasteiger partial charge < -0.3 is 5.09 Å². The summed E-state index contributed by atoms with van der Waals surface area (Å²) in [5.74, 6) is 0. The maximum Gasteiger partial charge on any atom is 0.416 e. The fourth-order valence-corrected chi connectivity index (χ4v) is 6.24. The van der Waals surface area contributed by atoms with Crippen LogP contribution in [0.4, 0.5) is 18.9 Å². The molecular formula is C15H21F3N3OP. The number of hydrogen-bond donors (Lipinski definition) is 1. The van der Waals surface area contributed by atoms with Crippen molar-refractivity contribution in [2.75, 3.05) is 19.2 Å². The van der Waals surface area contributed by atoms with Gasteiger partial charge >= 0.3 is 13.8 Å². The summed E-state index contributed by atoms with van der Waals surface area (Å²) in [4.78, 5) is 0. The van der Waals surface area contributed by atoms with Crippen molar-refractivity contribution in [1.29, 1.82) is 0 Å². The van der Waals surface area contributed by atoms with E-state index in [0.29, 0.717) is 5.69 Å². The standard InChI is InChI=1S/C15H21F3N3OP/c1-20-13-5-3-4-6-14(13)21(2)23(20,22)19-12-9-7-11(8-10-12)15(16,17)18/h7-10,13-14H,3-6H2,1-2H3,(H,19,22)/t13-,14-/m1/s1. The van der Waals surface area contributed by atoms with Gasteiger partial charge in [0.05, 0.1) is 5.56 Å². The smallest absolute Gasteiger partial charge is 0.313 e. The molecule has 0 amide bonds. The summed E-state index contributed by atoms with van der Waals surface area (Å²) in [5.41, 5.74) is -0.262. The Bertz CT molecular complexity index is 597. The van der Waals surface area contributed by atoms with E-state index in [1.54, 1.807) is 0 Å². The summed E-state index contributed by atoms with van der Waals surface area (Å²) in [7, 11) is 0.676. The van der Waals surface area contributed by atoms with Crippen LogP contribution in [0.1, 0.15) is 31.2 Å². The maximum atomic E-state index is 13.4. The zero-order valence-corrected chi connectivity index (χ0v) is 14.1. The van der Waals surface area contributed by atoms with Crippen molar-refractivity contribution >= 4 is 13.3 Å². The lowest BCUT2D eigenvalue weighted by Gasteiger charge is -2.28. The van der Waals surface area contributed by atoms with Crippen LogP contribution in [-0.2, 0) is 10.7 Å². The first-order valence-electron chi connectivity index (χ1n) is 7.76. The fourth-order valence-electron chi connectivity index (χ4n) is 3.65. The monoisotopic (exact) mass is 347 g/mol. The second-order valence-electron chi connectivity index (χ2n) is 6.30. The third-order valence-electron chi connectivity index (χ3n) is 5.00. The second-order valence-corrected chi connectivity index (χ2v) is 8.87. The second kappa shape index (κ2) is 5.80. The molecule has 1 heterocycles. The molecule has 128 valence electrons. The first-order chi connectivity index (χ1) is 10.7. The first kappa shape index (κ1) is 16.8. The van der Waals surface area contributed by atoms with Crippen molar-refractivity contribution < 1.29 is 17.7 Å². The Morgan fingerprint density at radius 2 is 1.52 bits per heavy atom. The Morgan fingerprint density at radius 1 is 1.04 bits per heavy atom. The molecule has 1 aliphatic carbocycles. The molecule has 0 bridgehead atoms. The van der Waals surface area contributed by atoms with Gasteiger partial charge in [0.1, 0.15) is 0 Å². The Hall–Kier alpha value is -1.04. The summed E-state index contributed by atoms with van der Waals surface area (Å²) < 4.78 is 55.1. The molecule has 1 saturated heterocycles. The van der Waals surface area contributed by atoms with Crippen LogP contribution < -0.4 is 5.09 Å². The third-order valence-corrected chi connectivity index (χ3v) is 7.85. The maximum absolute atomic E-state index is 13.4. The summed E-state index contributed by atoms with van der Waals surface area (Å²) in [6.45, 7) is 0. The lowest BCUT2D eigenvalue weighted by molar-refractivity contribution is -0.137. The summed E-state index contributed by atoms with van der Waals surface area (Å²) >= 11 is 0. The Kier molecular flexibility index (Phi) is 4.23. The van der Waals surface area contributed by atoms with E-state index in [0.717, 1.165) is 37.8 Å². The Morgan fingerprint density at radius 3 is 1.96 bits per heavy atom. The number of anilines is 1. The Labute approximate surface area is 134 Å². The van der Waals surface area contributed by atoms with E-state index in [4.69, 9.17) is 0 Å². The van der Waals surface area contributed by atoms with Gasteiger partial charge in [0.25, 0.3) is 0 Å². The Balaban J connectivity index is 1.82. The molecule has 2 aliphatic rings. The number of nitrogens with one attached hydrogen (secondary N) is 1. The average molecular weight is 347 g/mol. The quantitative estimate of drug-likeness (QED) is 0.804. The number of benzene rings is 1. The van der Waals surface area contributed by atoms with Crippen LogP contribution in [0.5, 0.6) is 0 Å². The van der Waals surface area contributed by atoms with Crippen LogP contribution in [0.3, 0.4) is 0 Å². The molecule has 3 rings (SSSR count). The van der Waals surface area contributed by atoms with Crippen LogP contribution >= 0.6 is 7.59 Å². The fraction of sp³-hybridized carbons (Fsp3) is 0.600. The number of hydrogen-bond acceptors (Lipinski definition) is 1. The molecule has 2 atom stereocenters. The van der Waals surface area contributed by atoms with E-state index in [2.05, 4.69) is 5.09 Å². The molecule has 2 fully saturated rings. The van der Waals surface area contributed by atoms with Gasteiger partial charge in [0, 0.05) is 17.8 Å². The van der Waals surface area contributed by atoms with Gasteiger partial charge in [-0.3, -0.25) is 4.57 Å². The minimum atomic E-state index is -4.36. The molecular weight excluding hydrogens is 326 g/mol. The highest BCUT2D eigenvalue weighted by Crippen LogP contribution is 2.61. The SMILES string of the molecule is CN1[C@@H]2CCCC[C@H]2N(C)P1(=O)Nc1ccc(C(F)(F)F)cc1. The van der Waals surface area contributed by atoms with Crippen LogP contribution in [0.2, 0.25) is 0 Å². The van der Waals surface area contributed by atoms with Gasteiger partial charge in [-0.2, -0.15) is 13.2 Å². The van der Waals surface area contributed by atoms with Crippen LogP contribution in [0.15, 0.2) is 24.3 Å². The number of halogens is 3. The number of rotatable bonds is 2. The summed E-state index contributed by atoms with van der Waals surface area (Å²) in [6, 6.07) is 5.18. The highest BCUT2D eigenvalue weighted by molar-refractivity contribution is 7.60. The largest absolute Gasteiger partial charge is 0.416 e. The van der Waals surface area contributed by atoms with Crippen LogP contribution in [0.25, 0.3) is 0 Å². The summed E-state index contributed by atoms with van der Waals surface area (Å²) in [5, 5.41) is 2.99. The predicted molar refractivity (Wildman–Crippen MR) is 84.2 cm³/mol. The molecule has 23 heavy (non-hydrogen) atoms. The molecule has 1 aromatic rings. The van der Waals surface area contributed by atoms with E-state index in [1.807, 2.05) is 23.4 Å². The molecule has 0 radical (unpaired) electrons. The number of fused-ring (bicyclic) bond motifs is 1. The van der Waals surface area contributed by atoms with E-state index >= 15 is 0 Å². The van der Waals surface area contributed by atoms with Gasteiger partial charge in [-0.25, -0.2) is 9.34 Å². The van der Waals surface area contributed by atoms with Crippen molar-refractivity contribution in [2.24, 2.45) is 0 Å². The first-order valence-corrected chi connectivity index (χ1v) is 9.37. The zero-order valence-electron chi connectivity index (χ0n) is 13.2. The van der Waals surface area contributed by atoms with E-state index in [1.165, 1.54) is 12.1 Å². The topological polar surface area (TPSA) is 35.6 Å². The van der Waals surface area contributed by atoms with Crippen molar-refractivity contribution in [1.82, 2.24) is 9.34 Å². The van der Waals surface area contributed by atoms with Crippen molar-refractivity contribution in [3.8, 4) is 0 Å². The molecule has 1 aromatic carbocycles. The normalized spacial score (nSPS) is 28.6. The molecule has 1 aliphatic heterocycles. The molecule has 4 nitrogen and oxygen atoms in total. The summed E-state index contributed by atoms with van der Waals surface area (Å²) in [6.07, 6.45) is -0.105. The molecule has 8 heteroatoms. The van der Waals surface area contributed by atoms with E-state index in [9.17, 15) is 17.7 Å². The van der Waals surface area contributed by atoms with Gasteiger partial charge in [-0.1, -0.05) is 12.8 Å². The predicted octanol–water partition coefficient (Wildman–Crippen LogP) is 4.41. The van der Waals surface area contributed by atoms with E-state index < -0.39 is 19.3 Å². The van der Waals surface area contributed by atoms with Gasteiger partial charge in [0.2, 0.25) is 0 Å². The van der Waals surface area contributed by atoms with Gasteiger partial charge in [-0.15, -0.1) is 0 Å². The van der Waals surface area contributed by atoms with Crippen LogP contribution in [0, 0.1) is 0 Å². The third kappa shape index (κ3) is 2.90. The average Bonchev–Trinajstić information content (AvgIpc) is 2.70. The van der Waals surface area contributed by atoms with Crippen LogP contribution in [-0.4, -0.2) is 35.5 Å². The number of nitrogens with zero attached hydrogens (tertiary/aromatic N) is 2. The molecule has 0 unspecified atom stereocenters. The highest BCUT2D eigenvalue weighted by atomic mass is 31.2. The zero-order chi connectivity index (χ0) is 16.8. The minimum absolute atomic E-state index is 0.238. The van der Waals surface area contributed by atoms with Crippen molar-refractivity contribution in [2.45, 2.75) is 43.9 Å². The lowest BCUT2D eigenvalue weighted by Crippen LogP contribution is -2.37. The molecule has 1 saturated carbocycles. The molecule has 0 aromatic heterocycles. The van der Waals surface area contributed by atoms with Crippen molar-refractivity contribution in [3.63, 3.8) is 0 Å². The van der Waals surface area contributed by atoms with E-state index in [-0.39, 0.29) is 12.1 Å². The van der Waals surface area contributed by atoms with Crippen molar-refractivity contribution in [3.05, 3.63) is 29.8 Å². The highest BCUT2D eigenvalue weighted by Gasteiger charge is 2.51. The number of likely N-dealkylation sites (N-methyl/N-ethyl adjacent to an activating group) is 2.